The first-order valence-corrected chi connectivity index (χ1v) is 17.2. The minimum absolute atomic E-state index is 0.132. The van der Waals surface area contributed by atoms with Crippen LogP contribution in [0.15, 0.2) is 0 Å². The largest absolute Gasteiger partial charge is 0.463 e. The number of unbranched alkanes of at least 4 members (excludes halogenated alkanes) is 4. The molecule has 0 aliphatic heterocycles. The maximum Gasteiger partial charge on any atom is 0.392 e. The number of hydrogen-bond acceptors (Lipinski definition) is 10. The van der Waals surface area contributed by atoms with E-state index in [-0.39, 0.29) is 19.8 Å². The molecule has 0 aliphatic carbocycles. The van der Waals surface area contributed by atoms with Crippen LogP contribution in [0.25, 0.3) is 0 Å². The molecule has 12 heteroatoms. The second-order valence-corrected chi connectivity index (χ2v) is 13.9. The molecule has 0 N–H and O–H groups in total. The molecule has 0 aromatic heterocycles. The van der Waals surface area contributed by atoms with Gasteiger partial charge in [0.15, 0.2) is 0 Å². The first kappa shape index (κ1) is 32.5. The lowest BCUT2D eigenvalue weighted by Crippen LogP contribution is -2.24. The molecule has 1 unspecified atom stereocenters. The van der Waals surface area contributed by atoms with Crippen LogP contribution in [0.4, 0.5) is 0 Å². The Morgan fingerprint density at radius 1 is 0.781 bits per heavy atom. The minimum Gasteiger partial charge on any atom is -0.463 e. The van der Waals surface area contributed by atoms with E-state index in [0.717, 1.165) is 38.5 Å². The topological polar surface area (TPSA) is 89.5 Å². The summed E-state index contributed by atoms with van der Waals surface area (Å²) >= 11 is 6.22. The molecule has 0 bridgehead atoms. The van der Waals surface area contributed by atoms with Gasteiger partial charge in [-0.25, -0.2) is 9.36 Å². The van der Waals surface area contributed by atoms with E-state index in [2.05, 4.69) is 0 Å². The van der Waals surface area contributed by atoms with Crippen LogP contribution < -0.4 is 0 Å². The maximum atomic E-state index is 13.4. The molecular formula is C20H42O8P2S2. The summed E-state index contributed by atoms with van der Waals surface area (Å²) in [7, 11) is 0. The van der Waals surface area contributed by atoms with Gasteiger partial charge in [0.1, 0.15) is 0 Å². The lowest BCUT2D eigenvalue weighted by molar-refractivity contribution is -0.147. The van der Waals surface area contributed by atoms with Crippen LogP contribution in [0.1, 0.15) is 86.0 Å². The van der Waals surface area contributed by atoms with Gasteiger partial charge >= 0.3 is 19.5 Å². The van der Waals surface area contributed by atoms with Gasteiger partial charge < -0.3 is 22.8 Å². The number of carbonyl (C=O) groups is 1. The molecule has 0 saturated heterocycles. The van der Waals surface area contributed by atoms with Gasteiger partial charge in [-0.1, -0.05) is 53.4 Å². The third-order valence-electron chi connectivity index (χ3n) is 3.92. The highest BCUT2D eigenvalue weighted by molar-refractivity contribution is 8.55. The van der Waals surface area contributed by atoms with Gasteiger partial charge in [-0.2, -0.15) is 0 Å². The highest BCUT2D eigenvalue weighted by Gasteiger charge is 2.40. The van der Waals surface area contributed by atoms with E-state index in [4.69, 9.17) is 39.2 Å². The molecule has 0 heterocycles. The molecule has 0 radical (unpaired) electrons. The zero-order chi connectivity index (χ0) is 24.3. The number of rotatable bonds is 22. The maximum absolute atomic E-state index is 13.4. The zero-order valence-corrected chi connectivity index (χ0v) is 23.7. The molecule has 0 saturated carbocycles. The number of ether oxygens (including phenoxy) is 1. The first-order chi connectivity index (χ1) is 15.3. The quantitative estimate of drug-likeness (QED) is 0.0611. The van der Waals surface area contributed by atoms with Gasteiger partial charge in [0.2, 0.25) is 5.44 Å². The molecule has 32 heavy (non-hydrogen) atoms. The van der Waals surface area contributed by atoms with Crippen molar-refractivity contribution >= 4 is 42.7 Å². The van der Waals surface area contributed by atoms with Crippen LogP contribution in [0.2, 0.25) is 0 Å². The predicted molar refractivity (Wildman–Crippen MR) is 134 cm³/mol. The Hall–Kier alpha value is 0.500. The summed E-state index contributed by atoms with van der Waals surface area (Å²) in [5, 5.41) is 0. The number of hydrogen-bond donors (Lipinski definition) is 0. The molecule has 0 amide bonds. The smallest absolute Gasteiger partial charge is 0.392 e. The van der Waals surface area contributed by atoms with Crippen molar-refractivity contribution in [2.45, 2.75) is 91.4 Å². The average molecular weight is 537 g/mol. The van der Waals surface area contributed by atoms with E-state index in [1.165, 1.54) is 0 Å². The van der Waals surface area contributed by atoms with Crippen molar-refractivity contribution < 1.29 is 36.7 Å². The van der Waals surface area contributed by atoms with E-state index in [9.17, 15) is 9.36 Å². The highest BCUT2D eigenvalue weighted by Crippen LogP contribution is 2.65. The highest BCUT2D eigenvalue weighted by atomic mass is 32.7. The lowest BCUT2D eigenvalue weighted by atomic mass is 10.4. The molecule has 0 spiro atoms. The standard InChI is InChI=1S/C20H42O8P2S2/c1-6-11-15-24-29(22,25-16-12-7-2)32-20(19(21)23-10-5)28-30(31,26-17-13-8-3)27-18-14-9-4/h20H,6-18H2,1-5H3. The summed E-state index contributed by atoms with van der Waals surface area (Å²) in [5.41, 5.74) is -1.35. The molecule has 8 nitrogen and oxygen atoms in total. The molecular weight excluding hydrogens is 494 g/mol. The fraction of sp³-hybridized carbons (Fsp3) is 0.950. The van der Waals surface area contributed by atoms with Crippen molar-refractivity contribution in [3.05, 3.63) is 0 Å². The van der Waals surface area contributed by atoms with Gasteiger partial charge in [0, 0.05) is 11.4 Å². The Labute approximate surface area is 203 Å². The molecule has 0 rings (SSSR count). The van der Waals surface area contributed by atoms with Crippen LogP contribution in [-0.4, -0.2) is 44.4 Å². The lowest BCUT2D eigenvalue weighted by Gasteiger charge is -2.27. The van der Waals surface area contributed by atoms with Gasteiger partial charge in [-0.05, 0) is 44.4 Å². The Morgan fingerprint density at radius 2 is 1.19 bits per heavy atom. The van der Waals surface area contributed by atoms with Crippen LogP contribution >= 0.6 is 24.9 Å². The van der Waals surface area contributed by atoms with Crippen molar-refractivity contribution in [2.75, 3.05) is 33.0 Å². The van der Waals surface area contributed by atoms with Gasteiger partial charge in [-0.15, -0.1) is 0 Å². The predicted octanol–water partition coefficient (Wildman–Crippen LogP) is 7.22. The Morgan fingerprint density at radius 3 is 1.56 bits per heavy atom. The Bertz CT molecular complexity index is 512. The SMILES string of the molecule is CCCCOP(=O)(OCCCC)SC(OP(=S)(OCCCC)OCCCC)C(=O)OCC. The fourth-order valence-electron chi connectivity index (χ4n) is 2.03. The molecule has 0 fully saturated rings. The fourth-order valence-corrected chi connectivity index (χ4v) is 8.02. The summed E-state index contributed by atoms with van der Waals surface area (Å²) in [6.07, 6.45) is 6.53. The van der Waals surface area contributed by atoms with Gasteiger partial charge in [-0.3, -0.25) is 4.52 Å². The van der Waals surface area contributed by atoms with Crippen molar-refractivity contribution in [2.24, 2.45) is 0 Å². The summed E-state index contributed by atoms with van der Waals surface area (Å²) in [6, 6.07) is 0. The first-order valence-electron chi connectivity index (χ1n) is 11.6. The van der Waals surface area contributed by atoms with Crippen molar-refractivity contribution in [1.82, 2.24) is 0 Å². The van der Waals surface area contributed by atoms with E-state index in [0.29, 0.717) is 37.4 Å². The van der Waals surface area contributed by atoms with E-state index < -0.39 is 24.9 Å². The summed E-state index contributed by atoms with van der Waals surface area (Å²) in [5.74, 6) is -0.719. The average Bonchev–Trinajstić information content (AvgIpc) is 2.74. The minimum atomic E-state index is -3.71. The third-order valence-corrected chi connectivity index (χ3v) is 10.1. The normalized spacial score (nSPS) is 13.3. The Balaban J connectivity index is 5.60. The summed E-state index contributed by atoms with van der Waals surface area (Å²) in [6.45, 7) is 4.06. The summed E-state index contributed by atoms with van der Waals surface area (Å²) < 4.78 is 47.2. The van der Waals surface area contributed by atoms with Crippen molar-refractivity contribution in [3.8, 4) is 0 Å². The van der Waals surface area contributed by atoms with Crippen LogP contribution in [0.3, 0.4) is 0 Å². The molecule has 1 atom stereocenters. The van der Waals surface area contributed by atoms with Crippen LogP contribution in [0, 0.1) is 0 Å². The monoisotopic (exact) mass is 536 g/mol. The molecule has 0 aromatic rings. The van der Waals surface area contributed by atoms with Gasteiger partial charge in [0.05, 0.1) is 33.0 Å². The molecule has 0 aliphatic rings. The Kier molecular flexibility index (Phi) is 20.1. The van der Waals surface area contributed by atoms with Crippen molar-refractivity contribution in [1.29, 1.82) is 0 Å². The second kappa shape index (κ2) is 19.8. The van der Waals surface area contributed by atoms with E-state index >= 15 is 0 Å². The molecule has 0 aromatic carbocycles. The van der Waals surface area contributed by atoms with E-state index in [1.54, 1.807) is 6.92 Å². The second-order valence-electron chi connectivity index (χ2n) is 6.94. The molecule has 192 valence electrons. The van der Waals surface area contributed by atoms with Gasteiger partial charge in [0.25, 0.3) is 0 Å². The van der Waals surface area contributed by atoms with Crippen LogP contribution in [0.5, 0.6) is 0 Å². The number of esters is 1. The van der Waals surface area contributed by atoms with Crippen molar-refractivity contribution in [3.63, 3.8) is 0 Å². The van der Waals surface area contributed by atoms with E-state index in [1.807, 2.05) is 27.7 Å². The zero-order valence-electron chi connectivity index (χ0n) is 20.2. The van der Waals surface area contributed by atoms with Crippen LogP contribution in [-0.2, 0) is 48.5 Å². The number of carbonyl (C=O) groups excluding carboxylic acids is 1. The summed E-state index contributed by atoms with van der Waals surface area (Å²) in [4.78, 5) is 12.7. The third kappa shape index (κ3) is 15.4.